The molecular formula is C30H29FN8O19S6. The van der Waals surface area contributed by atoms with E-state index in [9.17, 15) is 65.4 Å². The Balaban J connectivity index is 1.51. The number of nitrogens with zero attached hydrogens (tertiary/aromatic N) is 6. The number of nitrogens with two attached hydrogens (primary N) is 1. The van der Waals surface area contributed by atoms with Crippen LogP contribution < -0.4 is 16.0 Å². The minimum Gasteiger partial charge on any atom is -0.507 e. The lowest BCUT2D eigenvalue weighted by molar-refractivity contribution is -0.434. The quantitative estimate of drug-likeness (QED) is 0.0105. The molecule has 64 heavy (non-hydrogen) atoms. The van der Waals surface area contributed by atoms with Crippen molar-refractivity contribution in [3.8, 4) is 5.75 Å². The van der Waals surface area contributed by atoms with Crippen LogP contribution in [0.2, 0.25) is 0 Å². The number of nitrogens with one attached hydrogen (secondary N) is 1. The molecule has 0 aliphatic carbocycles. The predicted molar refractivity (Wildman–Crippen MR) is 218 cm³/mol. The molecule has 1 aromatic heterocycles. The molecule has 0 saturated carbocycles. The molecule has 4 aromatic carbocycles. The van der Waals surface area contributed by atoms with Crippen LogP contribution in [0, 0.1) is 6.08 Å². The number of benzene rings is 4. The molecule has 9 N–H and O–H groups in total. The smallest absolute Gasteiger partial charge is 0.315 e. The maximum Gasteiger partial charge on any atom is 0.315 e. The average molecular weight is 1020 g/mol. The van der Waals surface area contributed by atoms with E-state index in [0.717, 1.165) is 47.4 Å². The molecule has 1 heterocycles. The number of aromatic nitrogens is 3. The third-order valence-electron chi connectivity index (χ3n) is 8.20. The molecule has 346 valence electrons. The van der Waals surface area contributed by atoms with E-state index in [1.807, 2.05) is 0 Å². The molecule has 5 aromatic rings. The number of phenolic OH excluding ortho intramolecular Hbond substituents is 1. The van der Waals surface area contributed by atoms with Crippen molar-refractivity contribution in [3.05, 3.63) is 66.7 Å². The van der Waals surface area contributed by atoms with E-state index in [1.165, 1.54) is 0 Å². The Morgan fingerprint density at radius 2 is 1.42 bits per heavy atom. The first-order valence-corrected chi connectivity index (χ1v) is 25.0. The lowest BCUT2D eigenvalue weighted by Crippen LogP contribution is -2.25. The summed E-state index contributed by atoms with van der Waals surface area (Å²) in [6, 6.07) is 8.81. The van der Waals surface area contributed by atoms with Crippen LogP contribution in [0.15, 0.2) is 90.5 Å². The van der Waals surface area contributed by atoms with Crippen molar-refractivity contribution in [2.45, 2.75) is 26.0 Å². The number of phenols is 1. The van der Waals surface area contributed by atoms with Gasteiger partial charge in [-0.05, 0) is 66.4 Å². The highest BCUT2D eigenvalue weighted by atomic mass is 32.2. The van der Waals surface area contributed by atoms with Gasteiger partial charge in [-0.2, -0.15) is 53.0 Å². The maximum atomic E-state index is 15.0. The van der Waals surface area contributed by atoms with E-state index in [-0.39, 0.29) is 36.7 Å². The highest BCUT2D eigenvalue weighted by Gasteiger charge is 2.26. The van der Waals surface area contributed by atoms with Crippen LogP contribution in [-0.4, -0.2) is 110 Å². The molecular weight excluding hydrogens is 988 g/mol. The third kappa shape index (κ3) is 12.7. The van der Waals surface area contributed by atoms with Crippen molar-refractivity contribution >= 4 is 114 Å². The monoisotopic (exact) mass is 1020 g/mol. The standard InChI is InChI=1S/C30H29FN8O19S6/c31-28-34-29(36-30(35-28)39(18-3-5-19(6-4-18)61(44,45)46)8-1-10-60(42,43)11-9-56-59-58-57-41)33-17-2-7-21(23(14-17)63(50,51)52)37-38-27-25-16(13-24(26(27)32)64(53,54)55)12-20(15-22(25)40)62(47,48)49/h2-7,12-15,40-41H,1,8-11,32H2,(H,44,45,46)(H,47,48,49)(H,50,51,52)(H,53,54,55)(H,33,34,35,36). The van der Waals surface area contributed by atoms with Gasteiger partial charge in [-0.1, -0.05) is 5.04 Å². The number of aromatic hydroxyl groups is 1. The number of halogens is 1. The number of azo groups is 1. The number of hydrogen-bond donors (Lipinski definition) is 8. The van der Waals surface area contributed by atoms with E-state index < -0.39 is 140 Å². The number of hydrogen-bond acceptors (Lipinski definition) is 24. The second kappa shape index (κ2) is 19.4. The van der Waals surface area contributed by atoms with Crippen LogP contribution >= 0.6 is 12.3 Å². The summed E-state index contributed by atoms with van der Waals surface area (Å²) in [6.45, 7) is -0.679. The minimum absolute atomic E-state index is 0.0494. The number of rotatable bonds is 20. The molecule has 0 unspecified atom stereocenters. The lowest BCUT2D eigenvalue weighted by atomic mass is 10.1. The van der Waals surface area contributed by atoms with Gasteiger partial charge in [0.2, 0.25) is 11.9 Å². The van der Waals surface area contributed by atoms with Crippen LogP contribution in [-0.2, 0) is 63.9 Å². The molecule has 0 bridgehead atoms. The van der Waals surface area contributed by atoms with Gasteiger partial charge in [0.25, 0.3) is 40.5 Å². The molecule has 0 aliphatic heterocycles. The first-order chi connectivity index (χ1) is 29.7. The topological polar surface area (TPSA) is 424 Å². The van der Waals surface area contributed by atoms with Crippen LogP contribution in [0.5, 0.6) is 5.75 Å². The van der Waals surface area contributed by atoms with Gasteiger partial charge in [-0.25, -0.2) is 13.7 Å². The van der Waals surface area contributed by atoms with Gasteiger partial charge in [0.1, 0.15) is 26.9 Å². The largest absolute Gasteiger partial charge is 0.507 e. The van der Waals surface area contributed by atoms with Crippen LogP contribution in [0.25, 0.3) is 10.8 Å². The molecule has 0 aliphatic rings. The fraction of sp³-hybridized carbons (Fsp3) is 0.167. The SMILES string of the molecule is Nc1c(S(=O)(=O)O)cc2cc(S(=O)(=O)O)cc(O)c2c1N=Nc1ccc(Nc2nc(F)nc(N(CCCS(=O)(=O)CCOSOOO)c3ccc(S(=O)(=O)O)cc3)n2)cc1S(=O)(=O)O. The number of sulfone groups is 1. The first-order valence-electron chi connectivity index (χ1n) is 16.8. The highest BCUT2D eigenvalue weighted by molar-refractivity contribution is 7.91. The summed E-state index contributed by atoms with van der Waals surface area (Å²) in [5.41, 5.74) is 3.36. The zero-order valence-electron chi connectivity index (χ0n) is 31.4. The Labute approximate surface area is 364 Å². The van der Waals surface area contributed by atoms with Crippen molar-refractivity contribution in [2.75, 3.05) is 40.6 Å². The number of anilines is 5. The minimum atomic E-state index is -5.26. The number of fused-ring (bicyclic) bond motifs is 1. The third-order valence-corrected chi connectivity index (χ3v) is 13.8. The lowest BCUT2D eigenvalue weighted by Gasteiger charge is -2.23. The maximum absolute atomic E-state index is 15.0. The van der Waals surface area contributed by atoms with Gasteiger partial charge >= 0.3 is 6.08 Å². The Morgan fingerprint density at radius 1 is 0.766 bits per heavy atom. The van der Waals surface area contributed by atoms with Gasteiger partial charge in [0.15, 0.2) is 22.2 Å². The number of nitrogen functional groups attached to an aromatic ring is 1. The molecule has 0 atom stereocenters. The van der Waals surface area contributed by atoms with Crippen LogP contribution in [0.4, 0.5) is 44.7 Å². The molecule has 34 heteroatoms. The summed E-state index contributed by atoms with van der Waals surface area (Å²) in [5, 5.41) is 31.1. The van der Waals surface area contributed by atoms with Crippen LogP contribution in [0.1, 0.15) is 6.42 Å². The average Bonchev–Trinajstić information content (AvgIpc) is 3.17. The first kappa shape index (κ1) is 49.7. The van der Waals surface area contributed by atoms with Gasteiger partial charge in [-0.15, -0.1) is 14.6 Å². The fourth-order valence-electron chi connectivity index (χ4n) is 5.47. The van der Waals surface area contributed by atoms with Crippen molar-refractivity contribution in [2.24, 2.45) is 10.2 Å². The van der Waals surface area contributed by atoms with Gasteiger partial charge in [-0.3, -0.25) is 22.4 Å². The van der Waals surface area contributed by atoms with Crippen molar-refractivity contribution in [3.63, 3.8) is 0 Å². The van der Waals surface area contributed by atoms with E-state index in [1.54, 1.807) is 0 Å². The van der Waals surface area contributed by atoms with E-state index in [2.05, 4.69) is 39.9 Å². The molecule has 5 rings (SSSR count). The summed E-state index contributed by atoms with van der Waals surface area (Å²) < 4.78 is 184. The Bertz CT molecular complexity index is 3200. The molecule has 27 nitrogen and oxygen atoms in total. The summed E-state index contributed by atoms with van der Waals surface area (Å²) in [5.74, 6) is -3.11. The molecule has 0 saturated heterocycles. The van der Waals surface area contributed by atoms with E-state index in [4.69, 9.17) is 15.2 Å². The van der Waals surface area contributed by atoms with E-state index in [0.29, 0.717) is 18.2 Å². The summed E-state index contributed by atoms with van der Waals surface area (Å²) in [6.07, 6.45) is -1.64. The van der Waals surface area contributed by atoms with E-state index >= 15 is 4.39 Å². The second-order valence-electron chi connectivity index (χ2n) is 12.5. The van der Waals surface area contributed by atoms with Crippen molar-refractivity contribution in [1.82, 2.24) is 15.0 Å². The summed E-state index contributed by atoms with van der Waals surface area (Å²) in [7, 11) is -23.9. The van der Waals surface area contributed by atoms with Gasteiger partial charge in [0, 0.05) is 24.0 Å². The van der Waals surface area contributed by atoms with Crippen LogP contribution in [0.3, 0.4) is 0 Å². The normalized spacial score (nSPS) is 12.8. The molecule has 0 radical (unpaired) electrons. The second-order valence-corrected chi connectivity index (χ2v) is 20.9. The zero-order chi connectivity index (χ0) is 47.4. The summed E-state index contributed by atoms with van der Waals surface area (Å²) >= 11 is 0.154. The Morgan fingerprint density at radius 3 is 2.03 bits per heavy atom. The van der Waals surface area contributed by atoms with Gasteiger partial charge in [0.05, 0.1) is 39.0 Å². The summed E-state index contributed by atoms with van der Waals surface area (Å²) in [4.78, 5) is 8.85. The molecule has 0 amide bonds. The zero-order valence-corrected chi connectivity index (χ0v) is 36.3. The highest BCUT2D eigenvalue weighted by Crippen LogP contribution is 2.44. The Hall–Kier alpha value is -5.34. The van der Waals surface area contributed by atoms with Crippen molar-refractivity contribution < 1.29 is 88.6 Å². The van der Waals surface area contributed by atoms with Gasteiger partial charge < -0.3 is 21.1 Å². The van der Waals surface area contributed by atoms with Crippen molar-refractivity contribution in [1.29, 1.82) is 0 Å². The fourth-order valence-corrected chi connectivity index (χ4v) is 9.22. The Kier molecular flexibility index (Phi) is 15.1. The predicted octanol–water partition coefficient (Wildman–Crippen LogP) is 3.54. The molecule has 0 fully saturated rings. The molecule has 0 spiro atoms.